The lowest BCUT2D eigenvalue weighted by atomic mass is 9.95. The molecule has 0 atom stereocenters. The Morgan fingerprint density at radius 1 is 1.29 bits per heavy atom. The average Bonchev–Trinajstić information content (AvgIpc) is 3.23. The number of aromatic nitrogens is 3. The molecule has 1 aliphatic rings. The lowest BCUT2D eigenvalue weighted by Crippen LogP contribution is -2.50. The highest BCUT2D eigenvalue weighted by atomic mass is 16.5. The van der Waals surface area contributed by atoms with E-state index in [1.165, 1.54) is 0 Å². The second-order valence-electron chi connectivity index (χ2n) is 5.95. The summed E-state index contributed by atoms with van der Waals surface area (Å²) in [6.45, 7) is 0.184. The molecule has 128 valence electrons. The van der Waals surface area contributed by atoms with Crippen molar-refractivity contribution >= 4 is 11.6 Å². The topological polar surface area (TPSA) is 112 Å². The van der Waals surface area contributed by atoms with Gasteiger partial charge in [0.1, 0.15) is 17.1 Å². The van der Waals surface area contributed by atoms with Crippen LogP contribution in [0.2, 0.25) is 0 Å². The number of carbonyl (C=O) groups excluding carboxylic acids is 1. The summed E-state index contributed by atoms with van der Waals surface area (Å²) in [4.78, 5) is 26.3. The van der Waals surface area contributed by atoms with E-state index < -0.39 is 5.54 Å². The van der Waals surface area contributed by atoms with Crippen molar-refractivity contribution in [1.82, 2.24) is 20.5 Å². The molecule has 0 bridgehead atoms. The van der Waals surface area contributed by atoms with Gasteiger partial charge in [-0.25, -0.2) is 9.89 Å². The third kappa shape index (κ3) is 3.42. The summed E-state index contributed by atoms with van der Waals surface area (Å²) < 4.78 is 5.16. The van der Waals surface area contributed by atoms with Crippen LogP contribution in [0.1, 0.15) is 31.5 Å². The molecule has 1 aromatic carbocycles. The lowest BCUT2D eigenvalue weighted by molar-refractivity contribution is -0.125. The molecule has 1 saturated carbocycles. The Bertz CT molecular complexity index is 744. The summed E-state index contributed by atoms with van der Waals surface area (Å²) in [6, 6.07) is 7.52. The van der Waals surface area contributed by atoms with E-state index in [-0.39, 0.29) is 18.1 Å². The largest absolute Gasteiger partial charge is 0.497 e. The fourth-order valence-corrected chi connectivity index (χ4v) is 3.06. The minimum Gasteiger partial charge on any atom is -0.497 e. The highest BCUT2D eigenvalue weighted by Gasteiger charge is 2.41. The van der Waals surface area contributed by atoms with Gasteiger partial charge in [0.05, 0.1) is 13.7 Å². The Balaban J connectivity index is 1.69. The van der Waals surface area contributed by atoms with Crippen molar-refractivity contribution in [3.05, 3.63) is 40.6 Å². The summed E-state index contributed by atoms with van der Waals surface area (Å²) in [5.74, 6) is 1.10. The number of anilines is 1. The van der Waals surface area contributed by atoms with Gasteiger partial charge in [-0.2, -0.15) is 5.10 Å². The van der Waals surface area contributed by atoms with Crippen molar-refractivity contribution in [1.29, 1.82) is 0 Å². The first-order valence-electron chi connectivity index (χ1n) is 7.95. The van der Waals surface area contributed by atoms with Gasteiger partial charge in [0.2, 0.25) is 5.91 Å². The van der Waals surface area contributed by atoms with Crippen LogP contribution in [0.25, 0.3) is 0 Å². The number of nitrogens with one attached hydrogen (secondary N) is 4. The summed E-state index contributed by atoms with van der Waals surface area (Å²) in [7, 11) is 1.62. The molecule has 1 aromatic heterocycles. The van der Waals surface area contributed by atoms with Crippen molar-refractivity contribution in [2.24, 2.45) is 0 Å². The minimum atomic E-state index is -0.634. The molecular weight excluding hydrogens is 310 g/mol. The van der Waals surface area contributed by atoms with Crippen LogP contribution >= 0.6 is 0 Å². The quantitative estimate of drug-likeness (QED) is 0.634. The molecule has 0 unspecified atom stereocenters. The van der Waals surface area contributed by atoms with Crippen LogP contribution in [0.3, 0.4) is 0 Å². The first-order valence-corrected chi connectivity index (χ1v) is 7.95. The predicted molar refractivity (Wildman–Crippen MR) is 88.9 cm³/mol. The molecule has 1 amide bonds. The first kappa shape index (κ1) is 16.1. The number of H-pyrrole nitrogens is 2. The van der Waals surface area contributed by atoms with Gasteiger partial charge in [-0.05, 0) is 37.1 Å². The fourth-order valence-electron chi connectivity index (χ4n) is 3.06. The molecule has 0 radical (unpaired) electrons. The Kier molecular flexibility index (Phi) is 4.54. The predicted octanol–water partition coefficient (Wildman–Crippen LogP) is 1.15. The summed E-state index contributed by atoms with van der Waals surface area (Å²) in [5.41, 5.74) is -0.141. The normalized spacial score (nSPS) is 15.9. The lowest BCUT2D eigenvalue weighted by Gasteiger charge is -2.30. The molecular formula is C16H21N5O3. The van der Waals surface area contributed by atoms with Crippen LogP contribution in [-0.4, -0.2) is 33.7 Å². The molecule has 8 heteroatoms. The van der Waals surface area contributed by atoms with Crippen LogP contribution in [-0.2, 0) is 11.3 Å². The van der Waals surface area contributed by atoms with Crippen molar-refractivity contribution in [3.8, 4) is 5.75 Å². The Morgan fingerprint density at radius 3 is 2.58 bits per heavy atom. The molecule has 3 rings (SSSR count). The molecule has 8 nitrogen and oxygen atoms in total. The minimum absolute atomic E-state index is 0.0836. The number of ether oxygens (including phenoxy) is 1. The van der Waals surface area contributed by atoms with Gasteiger partial charge in [-0.3, -0.25) is 9.78 Å². The van der Waals surface area contributed by atoms with Crippen LogP contribution in [0.4, 0.5) is 5.69 Å². The Labute approximate surface area is 139 Å². The summed E-state index contributed by atoms with van der Waals surface area (Å²) >= 11 is 0. The molecule has 0 spiro atoms. The number of hydrogen-bond acceptors (Lipinski definition) is 5. The van der Waals surface area contributed by atoms with Crippen molar-refractivity contribution in [2.75, 3.05) is 12.4 Å². The smallest absolute Gasteiger partial charge is 0.340 e. The molecule has 4 N–H and O–H groups in total. The van der Waals surface area contributed by atoms with E-state index in [4.69, 9.17) is 4.74 Å². The van der Waals surface area contributed by atoms with Crippen LogP contribution in [0.15, 0.2) is 29.1 Å². The van der Waals surface area contributed by atoms with Gasteiger partial charge >= 0.3 is 5.69 Å². The zero-order valence-electron chi connectivity index (χ0n) is 13.5. The second kappa shape index (κ2) is 6.77. The number of benzene rings is 1. The molecule has 1 aliphatic carbocycles. The van der Waals surface area contributed by atoms with Gasteiger partial charge in [0, 0.05) is 5.69 Å². The summed E-state index contributed by atoms with van der Waals surface area (Å²) in [6.07, 6.45) is 3.52. The maximum atomic E-state index is 12.7. The van der Waals surface area contributed by atoms with Crippen molar-refractivity contribution in [2.45, 2.75) is 37.8 Å². The Hall–Kier alpha value is -2.77. The summed E-state index contributed by atoms with van der Waals surface area (Å²) in [5, 5.41) is 12.3. The Morgan fingerprint density at radius 2 is 2.00 bits per heavy atom. The highest BCUT2D eigenvalue weighted by Crippen LogP contribution is 2.34. The number of carbonyl (C=O) groups is 1. The van der Waals surface area contributed by atoms with E-state index in [0.29, 0.717) is 5.82 Å². The first-order chi connectivity index (χ1) is 11.6. The highest BCUT2D eigenvalue weighted by molar-refractivity contribution is 5.89. The maximum absolute atomic E-state index is 12.7. The SMILES string of the molecule is COc1ccc(NC2(C(=O)NCc3n[nH]c(=O)[nH]3)CCCC2)cc1. The van der Waals surface area contributed by atoms with Gasteiger partial charge in [-0.15, -0.1) is 0 Å². The number of aromatic amines is 2. The van der Waals surface area contributed by atoms with Crippen molar-refractivity contribution in [3.63, 3.8) is 0 Å². The number of nitrogens with zero attached hydrogens (tertiary/aromatic N) is 1. The number of rotatable bonds is 6. The maximum Gasteiger partial charge on any atom is 0.340 e. The number of amides is 1. The van der Waals surface area contributed by atoms with E-state index in [1.807, 2.05) is 24.3 Å². The molecule has 2 aromatic rings. The van der Waals surface area contributed by atoms with E-state index in [2.05, 4.69) is 25.8 Å². The molecule has 1 heterocycles. The van der Waals surface area contributed by atoms with E-state index in [0.717, 1.165) is 37.1 Å². The zero-order chi connectivity index (χ0) is 17.0. The average molecular weight is 331 g/mol. The van der Waals surface area contributed by atoms with E-state index in [9.17, 15) is 9.59 Å². The number of methoxy groups -OCH3 is 1. The number of hydrogen-bond donors (Lipinski definition) is 4. The van der Waals surface area contributed by atoms with Crippen LogP contribution in [0, 0.1) is 0 Å². The molecule has 0 saturated heterocycles. The van der Waals surface area contributed by atoms with Crippen molar-refractivity contribution < 1.29 is 9.53 Å². The van der Waals surface area contributed by atoms with E-state index in [1.54, 1.807) is 7.11 Å². The van der Waals surface area contributed by atoms with Crippen LogP contribution in [0.5, 0.6) is 5.75 Å². The fraction of sp³-hybridized carbons (Fsp3) is 0.438. The molecule has 0 aliphatic heterocycles. The van der Waals surface area contributed by atoms with Crippen LogP contribution < -0.4 is 21.1 Å². The third-order valence-corrected chi connectivity index (χ3v) is 4.33. The van der Waals surface area contributed by atoms with Gasteiger partial charge in [0.25, 0.3) is 0 Å². The molecule has 1 fully saturated rings. The standard InChI is InChI=1S/C16H21N5O3/c1-24-12-6-4-11(5-7-12)19-16(8-2-3-9-16)14(22)17-10-13-18-15(23)21-20-13/h4-7,19H,2-3,8-10H2,1H3,(H,17,22)(H2,18,20,21,23). The van der Waals surface area contributed by atoms with Gasteiger partial charge in [0.15, 0.2) is 0 Å². The zero-order valence-corrected chi connectivity index (χ0v) is 13.5. The van der Waals surface area contributed by atoms with Gasteiger partial charge in [-0.1, -0.05) is 12.8 Å². The molecule has 24 heavy (non-hydrogen) atoms. The van der Waals surface area contributed by atoms with Gasteiger partial charge < -0.3 is 15.4 Å². The van der Waals surface area contributed by atoms with E-state index >= 15 is 0 Å². The second-order valence-corrected chi connectivity index (χ2v) is 5.95. The monoisotopic (exact) mass is 331 g/mol. The third-order valence-electron chi connectivity index (χ3n) is 4.33.